The molecule has 72 valence electrons. The van der Waals surface area contributed by atoms with E-state index >= 15 is 0 Å². The minimum atomic E-state index is 0.203. The quantitative estimate of drug-likeness (QED) is 0.487. The van der Waals surface area contributed by atoms with Gasteiger partial charge in [-0.25, -0.2) is 0 Å². The fourth-order valence-corrected chi connectivity index (χ4v) is 1.07. The summed E-state index contributed by atoms with van der Waals surface area (Å²) in [4.78, 5) is 0. The third kappa shape index (κ3) is 3.17. The summed E-state index contributed by atoms with van der Waals surface area (Å²) < 4.78 is 10.5. The summed E-state index contributed by atoms with van der Waals surface area (Å²) in [7, 11) is 0. The number of allylic oxidation sites excluding steroid dienone is 1. The fraction of sp³-hybridized carbons (Fsp3) is 0.700. The van der Waals surface area contributed by atoms with E-state index in [0.717, 1.165) is 13.2 Å². The number of nitriles is 1. The molecular formula is C10H15NO2. The Kier molecular flexibility index (Phi) is 3.47. The molecule has 0 N–H and O–H groups in total. The van der Waals surface area contributed by atoms with Gasteiger partial charge in [-0.05, 0) is 13.0 Å². The summed E-state index contributed by atoms with van der Waals surface area (Å²) in [5.74, 6) is 0. The van der Waals surface area contributed by atoms with Crippen LogP contribution in [0.1, 0.15) is 13.8 Å². The van der Waals surface area contributed by atoms with E-state index in [1.165, 1.54) is 0 Å². The van der Waals surface area contributed by atoms with Crippen molar-refractivity contribution in [3.63, 3.8) is 0 Å². The third-order valence-corrected chi connectivity index (χ3v) is 2.04. The Labute approximate surface area is 78.9 Å². The second-order valence-corrected chi connectivity index (χ2v) is 3.82. The van der Waals surface area contributed by atoms with Crippen LogP contribution in [0.15, 0.2) is 11.6 Å². The molecule has 1 heterocycles. The van der Waals surface area contributed by atoms with E-state index < -0.39 is 0 Å². The van der Waals surface area contributed by atoms with E-state index in [1.54, 1.807) is 13.0 Å². The van der Waals surface area contributed by atoms with Crippen LogP contribution in [0.3, 0.4) is 0 Å². The highest BCUT2D eigenvalue weighted by Gasteiger charge is 2.33. The largest absolute Gasteiger partial charge is 0.380 e. The van der Waals surface area contributed by atoms with E-state index in [1.807, 2.05) is 6.07 Å². The Morgan fingerprint density at radius 3 is 2.85 bits per heavy atom. The smallest absolute Gasteiger partial charge is 0.0941 e. The van der Waals surface area contributed by atoms with Crippen molar-refractivity contribution in [2.24, 2.45) is 5.41 Å². The first-order valence-corrected chi connectivity index (χ1v) is 4.39. The van der Waals surface area contributed by atoms with Gasteiger partial charge in [0.1, 0.15) is 0 Å². The Balaban J connectivity index is 2.11. The molecule has 0 atom stereocenters. The Morgan fingerprint density at radius 2 is 2.38 bits per heavy atom. The van der Waals surface area contributed by atoms with Gasteiger partial charge in [-0.3, -0.25) is 0 Å². The zero-order chi connectivity index (χ0) is 9.73. The maximum absolute atomic E-state index is 8.46. The molecule has 0 saturated carbocycles. The molecule has 0 aromatic heterocycles. The Hall–Kier alpha value is -0.850. The first-order valence-electron chi connectivity index (χ1n) is 4.39. The number of hydrogen-bond acceptors (Lipinski definition) is 3. The second kappa shape index (κ2) is 4.40. The van der Waals surface area contributed by atoms with E-state index in [2.05, 4.69) is 6.92 Å². The van der Waals surface area contributed by atoms with Crippen LogP contribution in [-0.4, -0.2) is 26.4 Å². The number of nitrogens with zero attached hydrogens (tertiary/aromatic N) is 1. The highest BCUT2D eigenvalue weighted by Crippen LogP contribution is 2.26. The van der Waals surface area contributed by atoms with Gasteiger partial charge in [-0.1, -0.05) is 6.92 Å². The Morgan fingerprint density at radius 1 is 1.69 bits per heavy atom. The molecule has 1 aliphatic rings. The molecule has 0 unspecified atom stereocenters. The van der Waals surface area contributed by atoms with Crippen LogP contribution in [0.4, 0.5) is 0 Å². The van der Waals surface area contributed by atoms with Crippen LogP contribution in [0.2, 0.25) is 0 Å². The topological polar surface area (TPSA) is 42.2 Å². The average Bonchev–Trinajstić information content (AvgIpc) is 2.09. The molecule has 0 amide bonds. The standard InChI is InChI=1S/C10H15NO2/c1-9(5-11)3-4-12-6-10(2)7-13-8-10/h3H,4,6-8H2,1-2H3/b9-3+. The molecule has 0 spiro atoms. The molecular weight excluding hydrogens is 166 g/mol. The highest BCUT2D eigenvalue weighted by molar-refractivity contribution is 5.17. The number of ether oxygens (including phenoxy) is 2. The molecule has 0 radical (unpaired) electrons. The van der Waals surface area contributed by atoms with Crippen LogP contribution in [-0.2, 0) is 9.47 Å². The summed E-state index contributed by atoms with van der Waals surface area (Å²) in [6.07, 6.45) is 1.79. The maximum atomic E-state index is 8.46. The molecule has 1 fully saturated rings. The summed E-state index contributed by atoms with van der Waals surface area (Å²) in [6, 6.07) is 2.05. The van der Waals surface area contributed by atoms with Gasteiger partial charge in [0.05, 0.1) is 32.5 Å². The first kappa shape index (κ1) is 10.2. The van der Waals surface area contributed by atoms with Crippen molar-refractivity contribution >= 4 is 0 Å². The van der Waals surface area contributed by atoms with Crippen LogP contribution >= 0.6 is 0 Å². The zero-order valence-corrected chi connectivity index (χ0v) is 8.17. The van der Waals surface area contributed by atoms with Gasteiger partial charge in [-0.15, -0.1) is 0 Å². The lowest BCUT2D eigenvalue weighted by atomic mass is 9.90. The molecule has 0 bridgehead atoms. The van der Waals surface area contributed by atoms with E-state index in [9.17, 15) is 0 Å². The number of rotatable bonds is 4. The van der Waals surface area contributed by atoms with E-state index in [0.29, 0.717) is 18.8 Å². The molecule has 0 aromatic carbocycles. The predicted molar refractivity (Wildman–Crippen MR) is 49.1 cm³/mol. The van der Waals surface area contributed by atoms with Gasteiger partial charge in [0.25, 0.3) is 0 Å². The fourth-order valence-electron chi connectivity index (χ4n) is 1.07. The van der Waals surface area contributed by atoms with Crippen molar-refractivity contribution in [2.45, 2.75) is 13.8 Å². The minimum absolute atomic E-state index is 0.203. The SMILES string of the molecule is C/C(C#N)=C\COCC1(C)COC1. The van der Waals surface area contributed by atoms with Gasteiger partial charge in [0.2, 0.25) is 0 Å². The summed E-state index contributed by atoms with van der Waals surface area (Å²) in [5.41, 5.74) is 0.906. The van der Waals surface area contributed by atoms with Gasteiger partial charge in [0.15, 0.2) is 0 Å². The zero-order valence-electron chi connectivity index (χ0n) is 8.17. The molecule has 3 heteroatoms. The highest BCUT2D eigenvalue weighted by atomic mass is 16.5. The van der Waals surface area contributed by atoms with Gasteiger partial charge >= 0.3 is 0 Å². The molecule has 1 saturated heterocycles. The predicted octanol–water partition coefficient (Wildman–Crippen LogP) is 1.51. The van der Waals surface area contributed by atoms with Gasteiger partial charge in [-0.2, -0.15) is 5.26 Å². The van der Waals surface area contributed by atoms with Crippen LogP contribution < -0.4 is 0 Å². The lowest BCUT2D eigenvalue weighted by molar-refractivity contribution is -0.135. The summed E-state index contributed by atoms with van der Waals surface area (Å²) in [5, 5.41) is 8.46. The lowest BCUT2D eigenvalue weighted by Crippen LogP contribution is -2.43. The molecule has 13 heavy (non-hydrogen) atoms. The van der Waals surface area contributed by atoms with E-state index in [4.69, 9.17) is 14.7 Å². The monoisotopic (exact) mass is 181 g/mol. The van der Waals surface area contributed by atoms with Crippen molar-refractivity contribution in [2.75, 3.05) is 26.4 Å². The second-order valence-electron chi connectivity index (χ2n) is 3.82. The maximum Gasteiger partial charge on any atom is 0.0941 e. The average molecular weight is 181 g/mol. The van der Waals surface area contributed by atoms with Crippen molar-refractivity contribution < 1.29 is 9.47 Å². The van der Waals surface area contributed by atoms with Crippen molar-refractivity contribution in [3.05, 3.63) is 11.6 Å². The Bertz CT molecular complexity index is 236. The molecule has 3 nitrogen and oxygen atoms in total. The lowest BCUT2D eigenvalue weighted by Gasteiger charge is -2.37. The van der Waals surface area contributed by atoms with E-state index in [-0.39, 0.29) is 5.41 Å². The normalized spacial score (nSPS) is 20.5. The number of hydrogen-bond donors (Lipinski definition) is 0. The molecule has 0 aliphatic carbocycles. The summed E-state index contributed by atoms with van der Waals surface area (Å²) >= 11 is 0. The molecule has 1 aliphatic heterocycles. The van der Waals surface area contributed by atoms with Gasteiger partial charge in [0, 0.05) is 11.0 Å². The summed E-state index contributed by atoms with van der Waals surface area (Å²) in [6.45, 7) is 6.72. The van der Waals surface area contributed by atoms with Crippen LogP contribution in [0.25, 0.3) is 0 Å². The minimum Gasteiger partial charge on any atom is -0.380 e. The van der Waals surface area contributed by atoms with Gasteiger partial charge < -0.3 is 9.47 Å². The molecule has 0 aromatic rings. The van der Waals surface area contributed by atoms with Crippen LogP contribution in [0.5, 0.6) is 0 Å². The molecule has 1 rings (SSSR count). The van der Waals surface area contributed by atoms with Crippen molar-refractivity contribution in [1.29, 1.82) is 5.26 Å². The first-order chi connectivity index (χ1) is 6.16. The van der Waals surface area contributed by atoms with Crippen LogP contribution in [0, 0.1) is 16.7 Å². The van der Waals surface area contributed by atoms with Crippen molar-refractivity contribution in [1.82, 2.24) is 0 Å². The third-order valence-electron chi connectivity index (χ3n) is 2.04. The van der Waals surface area contributed by atoms with Crippen molar-refractivity contribution in [3.8, 4) is 6.07 Å².